The van der Waals surface area contributed by atoms with E-state index in [4.69, 9.17) is 4.74 Å². The minimum atomic E-state index is -0.606. The molecule has 2 unspecified atom stereocenters. The molecule has 25 heavy (non-hydrogen) atoms. The first kappa shape index (κ1) is 18.5. The average Bonchev–Trinajstić information content (AvgIpc) is 2.97. The molecule has 0 saturated carbocycles. The topological polar surface area (TPSA) is 56.2 Å². The second-order valence-electron chi connectivity index (χ2n) is 7.49. The number of benzene rings is 1. The summed E-state index contributed by atoms with van der Waals surface area (Å²) in [5.41, 5.74) is 0.883. The van der Waals surface area contributed by atoms with Crippen molar-refractivity contribution in [2.75, 3.05) is 37.6 Å². The average molecular weight is 348 g/mol. The van der Waals surface area contributed by atoms with Crippen molar-refractivity contribution in [1.82, 2.24) is 4.90 Å². The molecule has 0 spiro atoms. The van der Waals surface area contributed by atoms with Gasteiger partial charge in [-0.2, -0.15) is 0 Å². The van der Waals surface area contributed by atoms with E-state index in [1.54, 1.807) is 6.07 Å². The van der Waals surface area contributed by atoms with Crippen LogP contribution in [0, 0.1) is 5.41 Å². The lowest BCUT2D eigenvalue weighted by Gasteiger charge is -2.36. The van der Waals surface area contributed by atoms with Gasteiger partial charge in [0.2, 0.25) is 0 Å². The number of phenols is 1. The highest BCUT2D eigenvalue weighted by atomic mass is 16.6. The number of aliphatic hydroxyl groups excluding tert-OH is 1. The third-order valence-electron chi connectivity index (χ3n) is 6.25. The number of phenolic OH excluding ortho intramolecular Hbond substituents is 1. The zero-order valence-corrected chi connectivity index (χ0v) is 15.5. The molecule has 2 aliphatic heterocycles. The van der Waals surface area contributed by atoms with Crippen LogP contribution in [-0.2, 0) is 4.74 Å². The van der Waals surface area contributed by atoms with E-state index in [-0.39, 0.29) is 11.5 Å². The van der Waals surface area contributed by atoms with Crippen molar-refractivity contribution in [2.45, 2.75) is 51.9 Å². The highest BCUT2D eigenvalue weighted by molar-refractivity contribution is 5.57. The highest BCUT2D eigenvalue weighted by Gasteiger charge is 2.45. The predicted octanol–water partition coefficient (Wildman–Crippen LogP) is 2.82. The van der Waals surface area contributed by atoms with Crippen LogP contribution >= 0.6 is 0 Å². The van der Waals surface area contributed by atoms with Crippen molar-refractivity contribution < 1.29 is 14.9 Å². The molecule has 140 valence electrons. The maximum atomic E-state index is 10.3. The number of hydrogen-bond donors (Lipinski definition) is 2. The SMILES string of the molecule is CCC1(CC)CC(CCN2CCN(c3ccccc3O)CC2)OC1O. The summed E-state index contributed by atoms with van der Waals surface area (Å²) in [4.78, 5) is 4.71. The van der Waals surface area contributed by atoms with Crippen LogP contribution in [0.1, 0.15) is 39.5 Å². The molecular weight excluding hydrogens is 316 g/mol. The van der Waals surface area contributed by atoms with E-state index in [1.807, 2.05) is 18.2 Å². The summed E-state index contributed by atoms with van der Waals surface area (Å²) in [6.45, 7) is 9.16. The smallest absolute Gasteiger partial charge is 0.160 e. The number of rotatable bonds is 6. The summed E-state index contributed by atoms with van der Waals surface area (Å²) < 4.78 is 5.84. The fourth-order valence-corrected chi connectivity index (χ4v) is 4.26. The molecule has 1 aromatic rings. The van der Waals surface area contributed by atoms with Gasteiger partial charge in [-0.3, -0.25) is 4.90 Å². The molecule has 1 aromatic carbocycles. The minimum absolute atomic E-state index is 0.0474. The van der Waals surface area contributed by atoms with Gasteiger partial charge in [-0.15, -0.1) is 0 Å². The molecule has 0 aromatic heterocycles. The van der Waals surface area contributed by atoms with E-state index in [0.717, 1.165) is 64.1 Å². The van der Waals surface area contributed by atoms with Gasteiger partial charge in [-0.05, 0) is 37.8 Å². The van der Waals surface area contributed by atoms with Crippen LogP contribution in [0.2, 0.25) is 0 Å². The fraction of sp³-hybridized carbons (Fsp3) is 0.700. The molecule has 2 aliphatic rings. The van der Waals surface area contributed by atoms with Crippen molar-refractivity contribution in [3.63, 3.8) is 0 Å². The van der Waals surface area contributed by atoms with Gasteiger partial charge < -0.3 is 19.8 Å². The predicted molar refractivity (Wildman–Crippen MR) is 99.9 cm³/mol. The van der Waals surface area contributed by atoms with Gasteiger partial charge in [0, 0.05) is 38.1 Å². The van der Waals surface area contributed by atoms with Crippen molar-refractivity contribution in [3.05, 3.63) is 24.3 Å². The Morgan fingerprint density at radius 1 is 1.12 bits per heavy atom. The summed E-state index contributed by atoms with van der Waals surface area (Å²) in [5.74, 6) is 0.361. The lowest BCUT2D eigenvalue weighted by atomic mass is 9.78. The Labute approximate surface area is 151 Å². The molecule has 2 saturated heterocycles. The number of ether oxygens (including phenoxy) is 1. The summed E-state index contributed by atoms with van der Waals surface area (Å²) in [5, 5.41) is 20.3. The van der Waals surface area contributed by atoms with Crippen LogP contribution in [0.3, 0.4) is 0 Å². The Morgan fingerprint density at radius 3 is 2.40 bits per heavy atom. The molecular formula is C20H32N2O3. The molecule has 5 heteroatoms. The first-order chi connectivity index (χ1) is 12.1. The lowest BCUT2D eigenvalue weighted by Crippen LogP contribution is -2.47. The van der Waals surface area contributed by atoms with Crippen molar-refractivity contribution in [3.8, 4) is 5.75 Å². The van der Waals surface area contributed by atoms with Gasteiger partial charge in [0.25, 0.3) is 0 Å². The summed E-state index contributed by atoms with van der Waals surface area (Å²) in [7, 11) is 0. The van der Waals surface area contributed by atoms with Crippen LogP contribution in [0.5, 0.6) is 5.75 Å². The molecule has 5 nitrogen and oxygen atoms in total. The van der Waals surface area contributed by atoms with Crippen LogP contribution in [0.4, 0.5) is 5.69 Å². The number of para-hydroxylation sites is 2. The standard InChI is InChI=1S/C20H32N2O3/c1-3-20(4-2)15-16(25-19(20)24)9-10-21-11-13-22(14-12-21)17-7-5-6-8-18(17)23/h5-8,16,19,23-24H,3-4,9-15H2,1-2H3. The van der Waals surface area contributed by atoms with Gasteiger partial charge in [-0.1, -0.05) is 26.0 Å². The van der Waals surface area contributed by atoms with E-state index in [1.165, 1.54) is 0 Å². The number of hydrogen-bond acceptors (Lipinski definition) is 5. The number of aromatic hydroxyl groups is 1. The normalized spacial score (nSPS) is 26.9. The quantitative estimate of drug-likeness (QED) is 0.828. The Morgan fingerprint density at radius 2 is 1.80 bits per heavy atom. The first-order valence-corrected chi connectivity index (χ1v) is 9.67. The maximum Gasteiger partial charge on any atom is 0.160 e. The molecule has 2 heterocycles. The van der Waals surface area contributed by atoms with E-state index in [2.05, 4.69) is 23.6 Å². The molecule has 0 amide bonds. The van der Waals surface area contributed by atoms with Crippen LogP contribution in [-0.4, -0.2) is 60.2 Å². The highest BCUT2D eigenvalue weighted by Crippen LogP contribution is 2.44. The molecule has 2 fully saturated rings. The molecule has 2 atom stereocenters. The van der Waals surface area contributed by atoms with Crippen molar-refractivity contribution in [2.24, 2.45) is 5.41 Å². The zero-order chi connectivity index (χ0) is 17.9. The lowest BCUT2D eigenvalue weighted by molar-refractivity contribution is -0.138. The molecule has 2 N–H and O–H groups in total. The Balaban J connectivity index is 1.45. The molecule has 0 bridgehead atoms. The maximum absolute atomic E-state index is 10.3. The minimum Gasteiger partial charge on any atom is -0.506 e. The van der Waals surface area contributed by atoms with Crippen LogP contribution < -0.4 is 4.90 Å². The Kier molecular flexibility index (Phi) is 5.87. The second-order valence-corrected chi connectivity index (χ2v) is 7.49. The number of anilines is 1. The first-order valence-electron chi connectivity index (χ1n) is 9.67. The third-order valence-corrected chi connectivity index (χ3v) is 6.25. The Bertz CT molecular complexity index is 554. The van der Waals surface area contributed by atoms with Gasteiger partial charge in [0.15, 0.2) is 6.29 Å². The van der Waals surface area contributed by atoms with Crippen molar-refractivity contribution >= 4 is 5.69 Å². The second kappa shape index (κ2) is 7.94. The van der Waals surface area contributed by atoms with E-state index in [9.17, 15) is 10.2 Å². The van der Waals surface area contributed by atoms with E-state index < -0.39 is 6.29 Å². The van der Waals surface area contributed by atoms with Gasteiger partial charge in [0.1, 0.15) is 5.75 Å². The van der Waals surface area contributed by atoms with Crippen LogP contribution in [0.15, 0.2) is 24.3 Å². The monoisotopic (exact) mass is 348 g/mol. The zero-order valence-electron chi connectivity index (χ0n) is 15.5. The molecule has 0 aliphatic carbocycles. The molecule has 3 rings (SSSR count). The third kappa shape index (κ3) is 3.94. The number of nitrogens with zero attached hydrogens (tertiary/aromatic N) is 2. The van der Waals surface area contributed by atoms with E-state index >= 15 is 0 Å². The Hall–Kier alpha value is -1.30. The fourth-order valence-electron chi connectivity index (χ4n) is 4.26. The molecule has 0 radical (unpaired) electrons. The van der Waals surface area contributed by atoms with Crippen LogP contribution in [0.25, 0.3) is 0 Å². The number of aliphatic hydroxyl groups is 1. The van der Waals surface area contributed by atoms with Gasteiger partial charge in [-0.25, -0.2) is 0 Å². The van der Waals surface area contributed by atoms with Crippen molar-refractivity contribution in [1.29, 1.82) is 0 Å². The van der Waals surface area contributed by atoms with Gasteiger partial charge in [0.05, 0.1) is 11.8 Å². The summed E-state index contributed by atoms with van der Waals surface area (Å²) >= 11 is 0. The summed E-state index contributed by atoms with van der Waals surface area (Å²) in [6.07, 6.45) is 3.46. The summed E-state index contributed by atoms with van der Waals surface area (Å²) in [6, 6.07) is 7.56. The number of piperazine rings is 1. The van der Waals surface area contributed by atoms with Gasteiger partial charge >= 0.3 is 0 Å². The van der Waals surface area contributed by atoms with E-state index in [0.29, 0.717) is 5.75 Å². The largest absolute Gasteiger partial charge is 0.506 e.